The predicted octanol–water partition coefficient (Wildman–Crippen LogP) is 0.845. The molecule has 0 heterocycles. The van der Waals surface area contributed by atoms with E-state index in [1.165, 1.54) is 18.2 Å². The van der Waals surface area contributed by atoms with Gasteiger partial charge in [0.25, 0.3) is 11.6 Å². The second-order valence-corrected chi connectivity index (χ2v) is 4.18. The number of aliphatic hydroxyl groups excluding tert-OH is 1. The third-order valence-electron chi connectivity index (χ3n) is 1.87. The van der Waals surface area contributed by atoms with E-state index < -0.39 is 10.8 Å². The van der Waals surface area contributed by atoms with E-state index in [1.54, 1.807) is 0 Å². The summed E-state index contributed by atoms with van der Waals surface area (Å²) in [7, 11) is 0. The molecule has 0 aliphatic heterocycles. The van der Waals surface area contributed by atoms with E-state index in [0.717, 1.165) is 0 Å². The summed E-state index contributed by atoms with van der Waals surface area (Å²) in [6, 6.07) is 4.08. The van der Waals surface area contributed by atoms with Gasteiger partial charge in [0.2, 0.25) is 0 Å². The second-order valence-electron chi connectivity index (χ2n) is 3.26. The molecule has 18 heavy (non-hydrogen) atoms. The van der Waals surface area contributed by atoms with Crippen LogP contribution in [0.2, 0.25) is 0 Å². The number of carbonyl (C=O) groups is 1. The van der Waals surface area contributed by atoms with Crippen molar-refractivity contribution in [3.8, 4) is 5.75 Å². The summed E-state index contributed by atoms with van der Waals surface area (Å²) in [5.74, 6) is -0.193. The van der Waals surface area contributed by atoms with Crippen LogP contribution in [0.25, 0.3) is 0 Å². The van der Waals surface area contributed by atoms with E-state index in [2.05, 4.69) is 21.2 Å². The summed E-state index contributed by atoms with van der Waals surface area (Å²) in [4.78, 5) is 21.2. The summed E-state index contributed by atoms with van der Waals surface area (Å²) >= 11 is 3.11. The number of hydrogen-bond donors (Lipinski definition) is 2. The molecule has 0 unspecified atom stereocenters. The zero-order chi connectivity index (χ0) is 13.5. The molecule has 98 valence electrons. The maximum absolute atomic E-state index is 11.2. The average Bonchev–Trinajstić information content (AvgIpc) is 2.33. The van der Waals surface area contributed by atoms with Gasteiger partial charge in [0.05, 0.1) is 17.6 Å². The fourth-order valence-electron chi connectivity index (χ4n) is 1.13. The van der Waals surface area contributed by atoms with E-state index in [0.29, 0.717) is 4.47 Å². The predicted molar refractivity (Wildman–Crippen MR) is 66.4 cm³/mol. The van der Waals surface area contributed by atoms with Crippen molar-refractivity contribution >= 4 is 27.5 Å². The number of ether oxygens (including phenoxy) is 1. The number of nitro groups is 1. The van der Waals surface area contributed by atoms with Crippen molar-refractivity contribution in [3.05, 3.63) is 32.8 Å². The van der Waals surface area contributed by atoms with Crippen LogP contribution in [-0.2, 0) is 4.79 Å². The Balaban J connectivity index is 2.62. The van der Waals surface area contributed by atoms with Crippen LogP contribution in [0.4, 0.5) is 5.69 Å². The topological polar surface area (TPSA) is 102 Å². The number of hydrogen-bond acceptors (Lipinski definition) is 5. The molecule has 0 saturated heterocycles. The molecule has 0 bridgehead atoms. The van der Waals surface area contributed by atoms with Gasteiger partial charge in [0.1, 0.15) is 5.75 Å². The number of amides is 1. The summed E-state index contributed by atoms with van der Waals surface area (Å²) in [5.41, 5.74) is -0.129. The normalized spacial score (nSPS) is 9.89. The first-order chi connectivity index (χ1) is 8.52. The lowest BCUT2D eigenvalue weighted by Crippen LogP contribution is -2.31. The van der Waals surface area contributed by atoms with Gasteiger partial charge in [-0.25, -0.2) is 0 Å². The number of rotatable bonds is 6. The van der Waals surface area contributed by atoms with E-state index in [4.69, 9.17) is 9.84 Å². The minimum atomic E-state index is -0.552. The molecule has 0 fully saturated rings. The molecule has 0 aliphatic carbocycles. The van der Waals surface area contributed by atoms with Crippen LogP contribution >= 0.6 is 15.9 Å². The number of non-ortho nitro benzene ring substituents is 1. The van der Waals surface area contributed by atoms with E-state index in [1.807, 2.05) is 0 Å². The van der Waals surface area contributed by atoms with Gasteiger partial charge in [-0.15, -0.1) is 0 Å². The Morgan fingerprint density at radius 2 is 2.22 bits per heavy atom. The highest BCUT2D eigenvalue weighted by atomic mass is 79.9. The molecule has 1 aromatic rings. The first-order valence-corrected chi connectivity index (χ1v) is 5.77. The van der Waals surface area contributed by atoms with Gasteiger partial charge < -0.3 is 15.2 Å². The summed E-state index contributed by atoms with van der Waals surface area (Å²) in [5, 5.41) is 21.5. The van der Waals surface area contributed by atoms with Gasteiger partial charge in [0.15, 0.2) is 6.61 Å². The van der Waals surface area contributed by atoms with Crippen molar-refractivity contribution in [2.45, 2.75) is 0 Å². The van der Waals surface area contributed by atoms with Crippen LogP contribution in [0.1, 0.15) is 0 Å². The number of aliphatic hydroxyl groups is 1. The highest BCUT2D eigenvalue weighted by Crippen LogP contribution is 2.25. The Labute approximate surface area is 111 Å². The van der Waals surface area contributed by atoms with Crippen LogP contribution < -0.4 is 10.1 Å². The number of halogens is 1. The smallest absolute Gasteiger partial charge is 0.274 e. The third kappa shape index (κ3) is 4.68. The third-order valence-corrected chi connectivity index (χ3v) is 2.33. The number of nitrogens with zero attached hydrogens (tertiary/aromatic N) is 1. The van der Waals surface area contributed by atoms with Gasteiger partial charge in [0, 0.05) is 17.1 Å². The number of nitro benzene ring substituents is 1. The molecule has 8 heteroatoms. The Bertz CT molecular complexity index is 452. The van der Waals surface area contributed by atoms with Gasteiger partial charge in [-0.05, 0) is 6.07 Å². The average molecular weight is 319 g/mol. The van der Waals surface area contributed by atoms with Crippen LogP contribution in [0.5, 0.6) is 5.75 Å². The molecule has 7 nitrogen and oxygen atoms in total. The zero-order valence-corrected chi connectivity index (χ0v) is 10.8. The van der Waals surface area contributed by atoms with Crippen molar-refractivity contribution in [1.82, 2.24) is 5.32 Å². The van der Waals surface area contributed by atoms with Gasteiger partial charge >= 0.3 is 0 Å². The minimum absolute atomic E-state index is 0.129. The highest BCUT2D eigenvalue weighted by Gasteiger charge is 2.10. The van der Waals surface area contributed by atoms with Gasteiger partial charge in [-0.2, -0.15) is 0 Å². The minimum Gasteiger partial charge on any atom is -0.483 e. The Hall–Kier alpha value is -1.67. The van der Waals surface area contributed by atoms with Crippen LogP contribution in [0, 0.1) is 10.1 Å². The lowest BCUT2D eigenvalue weighted by Gasteiger charge is -2.06. The fraction of sp³-hybridized carbons (Fsp3) is 0.300. The van der Waals surface area contributed by atoms with Crippen molar-refractivity contribution in [3.63, 3.8) is 0 Å². The summed E-state index contributed by atoms with van der Waals surface area (Å²) < 4.78 is 5.60. The molecular formula is C10H11BrN2O5. The van der Waals surface area contributed by atoms with Crippen molar-refractivity contribution in [2.24, 2.45) is 0 Å². The molecule has 0 radical (unpaired) electrons. The van der Waals surface area contributed by atoms with Crippen molar-refractivity contribution in [1.29, 1.82) is 0 Å². The summed E-state index contributed by atoms with van der Waals surface area (Å²) in [6.07, 6.45) is 0. The number of carbonyl (C=O) groups excluding carboxylic acids is 1. The number of benzene rings is 1. The first-order valence-electron chi connectivity index (χ1n) is 4.98. The molecule has 0 spiro atoms. The molecule has 2 N–H and O–H groups in total. The highest BCUT2D eigenvalue weighted by molar-refractivity contribution is 9.10. The SMILES string of the molecule is O=C(COc1cc(Br)cc([N+](=O)[O-])c1)NCCO. The number of nitrogens with one attached hydrogen (secondary N) is 1. The lowest BCUT2D eigenvalue weighted by atomic mass is 10.3. The van der Waals surface area contributed by atoms with Crippen LogP contribution in [0.3, 0.4) is 0 Å². The monoisotopic (exact) mass is 318 g/mol. The van der Waals surface area contributed by atoms with Crippen molar-refractivity contribution in [2.75, 3.05) is 19.8 Å². The zero-order valence-electron chi connectivity index (χ0n) is 9.26. The molecule has 0 aromatic heterocycles. The van der Waals surface area contributed by atoms with Gasteiger partial charge in [-0.3, -0.25) is 14.9 Å². The van der Waals surface area contributed by atoms with E-state index >= 15 is 0 Å². The molecule has 1 aromatic carbocycles. The van der Waals surface area contributed by atoms with Crippen molar-refractivity contribution < 1.29 is 19.6 Å². The quantitative estimate of drug-likeness (QED) is 0.598. The molecule has 1 rings (SSSR count). The summed E-state index contributed by atoms with van der Waals surface area (Å²) in [6.45, 7) is -0.289. The van der Waals surface area contributed by atoms with Gasteiger partial charge in [-0.1, -0.05) is 15.9 Å². The standard InChI is InChI=1S/C10H11BrN2O5/c11-7-3-8(13(16)17)5-9(4-7)18-6-10(15)12-1-2-14/h3-5,14H,1-2,6H2,(H,12,15). The maximum atomic E-state index is 11.2. The second kappa shape index (κ2) is 6.92. The van der Waals surface area contributed by atoms with Crippen LogP contribution in [-0.4, -0.2) is 35.7 Å². The molecular weight excluding hydrogens is 308 g/mol. The van der Waals surface area contributed by atoms with E-state index in [9.17, 15) is 14.9 Å². The van der Waals surface area contributed by atoms with Crippen LogP contribution in [0.15, 0.2) is 22.7 Å². The molecule has 0 aliphatic rings. The Morgan fingerprint density at radius 3 is 2.83 bits per heavy atom. The Morgan fingerprint density at radius 1 is 1.50 bits per heavy atom. The molecule has 1 amide bonds. The van der Waals surface area contributed by atoms with E-state index in [-0.39, 0.29) is 31.2 Å². The lowest BCUT2D eigenvalue weighted by molar-refractivity contribution is -0.385. The fourth-order valence-corrected chi connectivity index (χ4v) is 1.59. The maximum Gasteiger partial charge on any atom is 0.274 e. The Kier molecular flexibility index (Phi) is 5.53. The first kappa shape index (κ1) is 14.4. The molecule has 0 atom stereocenters. The largest absolute Gasteiger partial charge is 0.483 e. The molecule has 0 saturated carbocycles.